The highest BCUT2D eigenvalue weighted by Gasteiger charge is 2.51. The van der Waals surface area contributed by atoms with Gasteiger partial charge in [-0.2, -0.15) is 0 Å². The maximum absolute atomic E-state index is 12.7. The Kier molecular flexibility index (Phi) is 8.55. The summed E-state index contributed by atoms with van der Waals surface area (Å²) in [6.45, 7) is 9.23. The first-order valence-electron chi connectivity index (χ1n) is 12.0. The number of ether oxygens (including phenoxy) is 1. The topological polar surface area (TPSA) is 138 Å². The van der Waals surface area contributed by atoms with Crippen molar-refractivity contribution in [1.82, 2.24) is 20.2 Å². The molecule has 2 aromatic heterocycles. The summed E-state index contributed by atoms with van der Waals surface area (Å²) in [6.07, 6.45) is 4.51. The molecule has 0 bridgehead atoms. The van der Waals surface area contributed by atoms with Crippen molar-refractivity contribution in [2.75, 3.05) is 13.2 Å². The van der Waals surface area contributed by atoms with E-state index in [4.69, 9.17) is 14.0 Å². The van der Waals surface area contributed by atoms with E-state index in [-0.39, 0.29) is 18.6 Å². The maximum Gasteiger partial charge on any atom is 0.496 e. The van der Waals surface area contributed by atoms with Crippen LogP contribution in [-0.2, 0) is 30.7 Å². The van der Waals surface area contributed by atoms with Gasteiger partial charge in [0.2, 0.25) is 5.91 Å². The number of nitrogens with zero attached hydrogens (tertiary/aromatic N) is 2. The first-order valence-corrected chi connectivity index (χ1v) is 12.0. The maximum atomic E-state index is 12.7. The Morgan fingerprint density at radius 3 is 2.49 bits per heavy atom. The standard InChI is InChI=1S/C25H33BN4O7/c1-7-35-21(32)12-19(29-20(31)15-28-22(33)18-9-8-10-30(6)23(18)34)16-11-17(14-27-13-16)26-36-24(2,3)25(4,5)37-26/h8-11,13-14,19H,7,12,15H2,1-6H3,(H,28,33)(H,29,31). The van der Waals surface area contributed by atoms with Gasteiger partial charge in [-0.05, 0) is 52.3 Å². The minimum atomic E-state index is -0.789. The molecular formula is C25H33BN4O7. The molecule has 1 fully saturated rings. The lowest BCUT2D eigenvalue weighted by Crippen LogP contribution is -2.41. The number of carbonyl (C=O) groups excluding carboxylic acids is 3. The van der Waals surface area contributed by atoms with E-state index < -0.39 is 54.3 Å². The zero-order valence-electron chi connectivity index (χ0n) is 22.0. The predicted octanol–water partition coefficient (Wildman–Crippen LogP) is 0.620. The molecular weight excluding hydrogens is 479 g/mol. The highest BCUT2D eigenvalue weighted by atomic mass is 16.7. The second kappa shape index (κ2) is 11.3. The molecule has 37 heavy (non-hydrogen) atoms. The molecule has 0 saturated carbocycles. The monoisotopic (exact) mass is 512 g/mol. The molecule has 0 aromatic carbocycles. The number of carbonyl (C=O) groups is 3. The van der Waals surface area contributed by atoms with Gasteiger partial charge in [-0.1, -0.05) is 6.07 Å². The summed E-state index contributed by atoms with van der Waals surface area (Å²) in [7, 11) is 0.849. The van der Waals surface area contributed by atoms with Gasteiger partial charge < -0.3 is 29.2 Å². The largest absolute Gasteiger partial charge is 0.496 e. The quantitative estimate of drug-likeness (QED) is 0.369. The average Bonchev–Trinajstić information content (AvgIpc) is 3.06. The van der Waals surface area contributed by atoms with Crippen LogP contribution in [0, 0.1) is 0 Å². The van der Waals surface area contributed by atoms with E-state index in [1.807, 2.05) is 27.7 Å². The summed E-state index contributed by atoms with van der Waals surface area (Å²) >= 11 is 0. The molecule has 12 heteroatoms. The molecule has 2 aromatic rings. The number of hydrogen-bond donors (Lipinski definition) is 2. The van der Waals surface area contributed by atoms with Crippen LogP contribution in [0.4, 0.5) is 0 Å². The van der Waals surface area contributed by atoms with Crippen LogP contribution in [0.25, 0.3) is 0 Å². The van der Waals surface area contributed by atoms with Gasteiger partial charge in [-0.3, -0.25) is 24.2 Å². The molecule has 1 aliphatic rings. The Morgan fingerprint density at radius 1 is 1.16 bits per heavy atom. The fraction of sp³-hybridized carbons (Fsp3) is 0.480. The van der Waals surface area contributed by atoms with Crippen LogP contribution in [0.3, 0.4) is 0 Å². The summed E-state index contributed by atoms with van der Waals surface area (Å²) in [5.41, 5.74) is -0.496. The Bertz CT molecular complexity index is 1210. The zero-order chi connectivity index (χ0) is 27.4. The number of rotatable bonds is 9. The molecule has 0 spiro atoms. The number of amides is 2. The van der Waals surface area contributed by atoms with Gasteiger partial charge in [0.15, 0.2) is 0 Å². The molecule has 198 valence electrons. The van der Waals surface area contributed by atoms with E-state index in [0.29, 0.717) is 11.0 Å². The summed E-state index contributed by atoms with van der Waals surface area (Å²) in [5.74, 6) is -1.75. The fourth-order valence-corrected chi connectivity index (χ4v) is 3.69. The first kappa shape index (κ1) is 28.1. The van der Waals surface area contributed by atoms with E-state index in [1.54, 1.807) is 25.3 Å². The zero-order valence-corrected chi connectivity index (χ0v) is 22.0. The molecule has 1 aliphatic heterocycles. The smallest absolute Gasteiger partial charge is 0.466 e. The van der Waals surface area contributed by atoms with Gasteiger partial charge in [-0.25, -0.2) is 0 Å². The SMILES string of the molecule is CCOC(=O)CC(NC(=O)CNC(=O)c1cccn(C)c1=O)c1cncc(B2OC(C)(C)C(C)(C)O2)c1. The minimum Gasteiger partial charge on any atom is -0.466 e. The van der Waals surface area contributed by atoms with Crippen LogP contribution in [0.2, 0.25) is 0 Å². The Labute approximate surface area is 216 Å². The molecule has 1 saturated heterocycles. The van der Waals surface area contributed by atoms with Crippen molar-refractivity contribution in [1.29, 1.82) is 0 Å². The number of esters is 1. The third kappa shape index (κ3) is 6.63. The molecule has 0 radical (unpaired) electrons. The van der Waals surface area contributed by atoms with Crippen LogP contribution in [0.15, 0.2) is 41.6 Å². The molecule has 3 heterocycles. The highest BCUT2D eigenvalue weighted by molar-refractivity contribution is 6.62. The van der Waals surface area contributed by atoms with Crippen molar-refractivity contribution >= 4 is 30.4 Å². The third-order valence-corrected chi connectivity index (χ3v) is 6.50. The van der Waals surface area contributed by atoms with E-state index in [9.17, 15) is 19.2 Å². The lowest BCUT2D eigenvalue weighted by molar-refractivity contribution is -0.143. The van der Waals surface area contributed by atoms with E-state index >= 15 is 0 Å². The van der Waals surface area contributed by atoms with E-state index in [0.717, 1.165) is 0 Å². The molecule has 1 unspecified atom stereocenters. The van der Waals surface area contributed by atoms with Crippen LogP contribution in [0.1, 0.15) is 63.0 Å². The number of nitrogens with one attached hydrogen (secondary N) is 2. The molecule has 11 nitrogen and oxygen atoms in total. The van der Waals surface area contributed by atoms with Gasteiger partial charge >= 0.3 is 13.1 Å². The van der Waals surface area contributed by atoms with E-state index in [2.05, 4.69) is 15.6 Å². The number of hydrogen-bond acceptors (Lipinski definition) is 8. The van der Waals surface area contributed by atoms with E-state index in [1.165, 1.54) is 30.1 Å². The van der Waals surface area contributed by atoms with Crippen LogP contribution in [-0.4, -0.2) is 58.8 Å². The number of pyridine rings is 2. The number of aryl methyl sites for hydroxylation is 1. The first-order chi connectivity index (χ1) is 17.3. The van der Waals surface area contributed by atoms with Crippen LogP contribution in [0.5, 0.6) is 0 Å². The molecule has 1 atom stereocenters. The third-order valence-electron chi connectivity index (χ3n) is 6.50. The summed E-state index contributed by atoms with van der Waals surface area (Å²) in [5, 5.41) is 5.19. The average molecular weight is 512 g/mol. The molecule has 3 rings (SSSR count). The summed E-state index contributed by atoms with van der Waals surface area (Å²) in [4.78, 5) is 53.9. The van der Waals surface area contributed by atoms with Crippen molar-refractivity contribution in [2.45, 2.75) is 58.3 Å². The number of aromatic nitrogens is 2. The van der Waals surface area contributed by atoms with Crippen LogP contribution >= 0.6 is 0 Å². The molecule has 2 amide bonds. The second-order valence-corrected chi connectivity index (χ2v) is 9.79. The van der Waals surface area contributed by atoms with Crippen molar-refractivity contribution in [3.63, 3.8) is 0 Å². The van der Waals surface area contributed by atoms with Crippen LogP contribution < -0.4 is 21.7 Å². The van der Waals surface area contributed by atoms with Gasteiger partial charge in [0, 0.05) is 31.1 Å². The summed E-state index contributed by atoms with van der Waals surface area (Å²) < 4.78 is 18.5. The van der Waals surface area contributed by atoms with Gasteiger partial charge in [0.1, 0.15) is 5.56 Å². The van der Waals surface area contributed by atoms with Crippen molar-refractivity contribution in [2.24, 2.45) is 7.05 Å². The Balaban J connectivity index is 1.75. The Morgan fingerprint density at radius 2 is 1.84 bits per heavy atom. The van der Waals surface area contributed by atoms with Gasteiger partial charge in [0.25, 0.3) is 11.5 Å². The van der Waals surface area contributed by atoms with Crippen molar-refractivity contribution < 1.29 is 28.4 Å². The lowest BCUT2D eigenvalue weighted by atomic mass is 9.79. The van der Waals surface area contributed by atoms with Crippen molar-refractivity contribution in [3.05, 3.63) is 58.3 Å². The highest BCUT2D eigenvalue weighted by Crippen LogP contribution is 2.36. The fourth-order valence-electron chi connectivity index (χ4n) is 3.69. The Hall–Kier alpha value is -3.51. The predicted molar refractivity (Wildman–Crippen MR) is 136 cm³/mol. The molecule has 2 N–H and O–H groups in total. The second-order valence-electron chi connectivity index (χ2n) is 9.79. The van der Waals surface area contributed by atoms with Gasteiger partial charge in [-0.15, -0.1) is 0 Å². The summed E-state index contributed by atoms with van der Waals surface area (Å²) in [6, 6.07) is 3.91. The molecule has 0 aliphatic carbocycles. The normalized spacial score (nSPS) is 16.6. The van der Waals surface area contributed by atoms with Gasteiger partial charge in [0.05, 0.1) is 36.8 Å². The van der Waals surface area contributed by atoms with Crippen molar-refractivity contribution in [3.8, 4) is 0 Å². The lowest BCUT2D eigenvalue weighted by Gasteiger charge is -2.32. The minimum absolute atomic E-state index is 0.0832.